The highest BCUT2D eigenvalue weighted by Gasteiger charge is 2.17. The molecule has 3 heteroatoms. The smallest absolute Gasteiger partial charge is 0.0249 e. The summed E-state index contributed by atoms with van der Waals surface area (Å²) >= 11 is 1.76. The number of nitrogens with zero attached hydrogens (tertiary/aromatic N) is 1. The minimum atomic E-state index is 0.185. The second kappa shape index (κ2) is 4.91. The van der Waals surface area contributed by atoms with E-state index in [-0.39, 0.29) is 5.54 Å². The molecule has 1 heterocycles. The van der Waals surface area contributed by atoms with Gasteiger partial charge >= 0.3 is 0 Å². The van der Waals surface area contributed by atoms with Crippen molar-refractivity contribution in [3.05, 3.63) is 22.4 Å². The normalized spacial score (nSPS) is 12.4. The molecule has 80 valence electrons. The molecule has 1 aromatic rings. The summed E-state index contributed by atoms with van der Waals surface area (Å²) in [6, 6.07) is 2.19. The van der Waals surface area contributed by atoms with Crippen LogP contribution in [0, 0.1) is 0 Å². The van der Waals surface area contributed by atoms with Crippen LogP contribution in [0.1, 0.15) is 19.4 Å². The lowest BCUT2D eigenvalue weighted by molar-refractivity contribution is 0.238. The lowest BCUT2D eigenvalue weighted by Crippen LogP contribution is -2.45. The first-order chi connectivity index (χ1) is 6.53. The van der Waals surface area contributed by atoms with Crippen molar-refractivity contribution in [3.63, 3.8) is 0 Å². The maximum Gasteiger partial charge on any atom is 0.0249 e. The standard InChI is InChI=1S/C11H20N2S/c1-11(2,12-3)9-13(4)7-10-5-6-14-8-10/h5-6,8,12H,7,9H2,1-4H3. The maximum atomic E-state index is 3.31. The molecule has 0 atom stereocenters. The van der Waals surface area contributed by atoms with Crippen LogP contribution in [0.3, 0.4) is 0 Å². The Balaban J connectivity index is 2.40. The average Bonchev–Trinajstić information content (AvgIpc) is 2.55. The highest BCUT2D eigenvalue weighted by Crippen LogP contribution is 2.10. The minimum absolute atomic E-state index is 0.185. The zero-order valence-corrected chi connectivity index (χ0v) is 10.3. The molecule has 0 fully saturated rings. The Bertz CT molecular complexity index is 254. The predicted octanol–water partition coefficient (Wildman–Crippen LogP) is 2.18. The summed E-state index contributed by atoms with van der Waals surface area (Å²) in [6.07, 6.45) is 0. The van der Waals surface area contributed by atoms with Gasteiger partial charge in [0.25, 0.3) is 0 Å². The molecule has 1 aromatic heterocycles. The van der Waals surface area contributed by atoms with Crippen LogP contribution < -0.4 is 5.32 Å². The van der Waals surface area contributed by atoms with Gasteiger partial charge in [0, 0.05) is 18.6 Å². The molecule has 0 aliphatic carbocycles. The lowest BCUT2D eigenvalue weighted by Gasteiger charge is -2.29. The quantitative estimate of drug-likeness (QED) is 0.805. The van der Waals surface area contributed by atoms with Gasteiger partial charge in [-0.1, -0.05) is 0 Å². The summed E-state index contributed by atoms with van der Waals surface area (Å²) in [4.78, 5) is 2.35. The van der Waals surface area contributed by atoms with Gasteiger partial charge in [0.1, 0.15) is 0 Å². The topological polar surface area (TPSA) is 15.3 Å². The fraction of sp³-hybridized carbons (Fsp3) is 0.636. The molecule has 0 aliphatic rings. The first-order valence-electron chi connectivity index (χ1n) is 4.92. The van der Waals surface area contributed by atoms with Gasteiger partial charge in [-0.2, -0.15) is 11.3 Å². The fourth-order valence-corrected chi connectivity index (χ4v) is 2.16. The van der Waals surface area contributed by atoms with Crippen molar-refractivity contribution < 1.29 is 0 Å². The molecule has 0 saturated heterocycles. The molecule has 0 saturated carbocycles. The monoisotopic (exact) mass is 212 g/mol. The second-order valence-electron chi connectivity index (χ2n) is 4.44. The first kappa shape index (κ1) is 11.7. The summed E-state index contributed by atoms with van der Waals surface area (Å²) < 4.78 is 0. The van der Waals surface area contributed by atoms with Crippen LogP contribution in [0.5, 0.6) is 0 Å². The SMILES string of the molecule is CNC(C)(C)CN(C)Cc1ccsc1. The fourth-order valence-electron chi connectivity index (χ4n) is 1.50. The number of likely N-dealkylation sites (N-methyl/N-ethyl adjacent to an activating group) is 2. The van der Waals surface area contributed by atoms with Crippen LogP contribution in [-0.2, 0) is 6.54 Å². The van der Waals surface area contributed by atoms with Crippen molar-refractivity contribution in [1.82, 2.24) is 10.2 Å². The second-order valence-corrected chi connectivity index (χ2v) is 5.22. The third kappa shape index (κ3) is 3.78. The Morgan fingerprint density at radius 2 is 2.21 bits per heavy atom. The van der Waals surface area contributed by atoms with Crippen molar-refractivity contribution >= 4 is 11.3 Å². The van der Waals surface area contributed by atoms with E-state index in [1.54, 1.807) is 11.3 Å². The average molecular weight is 212 g/mol. The van der Waals surface area contributed by atoms with Crippen molar-refractivity contribution in [3.8, 4) is 0 Å². The molecule has 0 aromatic carbocycles. The Hall–Kier alpha value is -0.380. The van der Waals surface area contributed by atoms with Gasteiger partial charge in [0.2, 0.25) is 0 Å². The van der Waals surface area contributed by atoms with E-state index >= 15 is 0 Å². The van der Waals surface area contributed by atoms with E-state index in [0.29, 0.717) is 0 Å². The molecule has 1 rings (SSSR count). The highest BCUT2D eigenvalue weighted by molar-refractivity contribution is 7.07. The Morgan fingerprint density at radius 3 is 2.71 bits per heavy atom. The Kier molecular flexibility index (Phi) is 4.11. The van der Waals surface area contributed by atoms with E-state index in [2.05, 4.69) is 47.9 Å². The highest BCUT2D eigenvalue weighted by atomic mass is 32.1. The summed E-state index contributed by atoms with van der Waals surface area (Å²) in [5.41, 5.74) is 1.59. The summed E-state index contributed by atoms with van der Waals surface area (Å²) in [7, 11) is 4.18. The molecule has 14 heavy (non-hydrogen) atoms. The maximum absolute atomic E-state index is 3.31. The van der Waals surface area contributed by atoms with Gasteiger partial charge in [-0.05, 0) is 50.3 Å². The third-order valence-electron chi connectivity index (χ3n) is 2.37. The number of thiophene rings is 1. The first-order valence-corrected chi connectivity index (χ1v) is 5.86. The largest absolute Gasteiger partial charge is 0.314 e. The molecule has 0 amide bonds. The zero-order valence-electron chi connectivity index (χ0n) is 9.50. The van der Waals surface area contributed by atoms with E-state index in [1.807, 2.05) is 7.05 Å². The van der Waals surface area contributed by atoms with E-state index in [0.717, 1.165) is 13.1 Å². The van der Waals surface area contributed by atoms with Crippen molar-refractivity contribution in [2.45, 2.75) is 25.9 Å². The molecule has 0 spiro atoms. The summed E-state index contributed by atoms with van der Waals surface area (Å²) in [6.45, 7) is 6.53. The lowest BCUT2D eigenvalue weighted by atomic mass is 10.1. The van der Waals surface area contributed by atoms with Gasteiger partial charge in [0.05, 0.1) is 0 Å². The number of nitrogens with one attached hydrogen (secondary N) is 1. The van der Waals surface area contributed by atoms with Gasteiger partial charge in [-0.3, -0.25) is 0 Å². The molecular formula is C11H20N2S. The van der Waals surface area contributed by atoms with Crippen molar-refractivity contribution in [2.75, 3.05) is 20.6 Å². The molecule has 2 nitrogen and oxygen atoms in total. The van der Waals surface area contributed by atoms with Gasteiger partial charge in [-0.15, -0.1) is 0 Å². The summed E-state index contributed by atoms with van der Waals surface area (Å²) in [5, 5.41) is 7.66. The van der Waals surface area contributed by atoms with E-state index in [9.17, 15) is 0 Å². The van der Waals surface area contributed by atoms with E-state index < -0.39 is 0 Å². The summed E-state index contributed by atoms with van der Waals surface area (Å²) in [5.74, 6) is 0. The van der Waals surface area contributed by atoms with Gasteiger partial charge in [-0.25, -0.2) is 0 Å². The Morgan fingerprint density at radius 1 is 1.50 bits per heavy atom. The molecule has 0 aliphatic heterocycles. The van der Waals surface area contributed by atoms with Gasteiger partial charge in [0.15, 0.2) is 0 Å². The van der Waals surface area contributed by atoms with Crippen LogP contribution >= 0.6 is 11.3 Å². The zero-order chi connectivity index (χ0) is 10.6. The van der Waals surface area contributed by atoms with Crippen LogP contribution in [0.4, 0.5) is 0 Å². The minimum Gasteiger partial charge on any atom is -0.314 e. The number of hydrogen-bond donors (Lipinski definition) is 1. The molecule has 0 bridgehead atoms. The molecule has 0 unspecified atom stereocenters. The molecule has 1 N–H and O–H groups in total. The van der Waals surface area contributed by atoms with Crippen LogP contribution in [0.2, 0.25) is 0 Å². The third-order valence-corrected chi connectivity index (χ3v) is 3.11. The predicted molar refractivity (Wildman–Crippen MR) is 63.8 cm³/mol. The van der Waals surface area contributed by atoms with Crippen LogP contribution in [-0.4, -0.2) is 31.1 Å². The van der Waals surface area contributed by atoms with Gasteiger partial charge < -0.3 is 10.2 Å². The Labute approximate surface area is 90.9 Å². The van der Waals surface area contributed by atoms with Crippen LogP contribution in [0.15, 0.2) is 16.8 Å². The van der Waals surface area contributed by atoms with E-state index in [1.165, 1.54) is 5.56 Å². The van der Waals surface area contributed by atoms with Crippen LogP contribution in [0.25, 0.3) is 0 Å². The number of rotatable bonds is 5. The number of hydrogen-bond acceptors (Lipinski definition) is 3. The molecule has 0 radical (unpaired) electrons. The van der Waals surface area contributed by atoms with Crippen molar-refractivity contribution in [2.24, 2.45) is 0 Å². The van der Waals surface area contributed by atoms with E-state index in [4.69, 9.17) is 0 Å². The van der Waals surface area contributed by atoms with Crippen molar-refractivity contribution in [1.29, 1.82) is 0 Å². The molecular weight excluding hydrogens is 192 g/mol.